The van der Waals surface area contributed by atoms with Crippen molar-refractivity contribution in [3.05, 3.63) is 36.2 Å². The molecule has 7 heteroatoms. The van der Waals surface area contributed by atoms with Crippen molar-refractivity contribution in [3.8, 4) is 5.75 Å². The van der Waals surface area contributed by atoms with Gasteiger partial charge in [-0.15, -0.1) is 0 Å². The Morgan fingerprint density at radius 2 is 1.96 bits per heavy atom. The molecule has 0 atom stereocenters. The molecule has 2 heterocycles. The number of phenols is 1. The normalized spacial score (nSPS) is 12.6. The topological polar surface area (TPSA) is 41.3 Å². The SMILES string of the molecule is CN(C)CCn1c2cnccc2c2c(C(F)(F)F)cc(O)cc21. The van der Waals surface area contributed by atoms with Crippen LogP contribution in [0.15, 0.2) is 30.6 Å². The summed E-state index contributed by atoms with van der Waals surface area (Å²) in [6.07, 6.45) is -1.51. The molecule has 1 aromatic carbocycles. The fourth-order valence-corrected chi connectivity index (χ4v) is 2.81. The third-order valence-corrected chi connectivity index (χ3v) is 3.83. The predicted octanol–water partition coefficient (Wildman–Crippen LogP) is 3.48. The van der Waals surface area contributed by atoms with Gasteiger partial charge in [-0.2, -0.15) is 13.2 Å². The van der Waals surface area contributed by atoms with E-state index in [0.717, 1.165) is 6.07 Å². The zero-order valence-corrected chi connectivity index (χ0v) is 12.7. The van der Waals surface area contributed by atoms with Gasteiger partial charge in [-0.1, -0.05) is 0 Å². The van der Waals surface area contributed by atoms with Crippen molar-refractivity contribution in [1.29, 1.82) is 0 Å². The van der Waals surface area contributed by atoms with Gasteiger partial charge in [0.25, 0.3) is 0 Å². The number of aromatic nitrogens is 2. The van der Waals surface area contributed by atoms with Crippen LogP contribution in [0.1, 0.15) is 5.56 Å². The first-order valence-corrected chi connectivity index (χ1v) is 7.10. The molecule has 0 aliphatic carbocycles. The Morgan fingerprint density at radius 1 is 1.22 bits per heavy atom. The Labute approximate surface area is 130 Å². The molecular weight excluding hydrogens is 307 g/mol. The summed E-state index contributed by atoms with van der Waals surface area (Å²) in [6, 6.07) is 3.73. The Kier molecular flexibility index (Phi) is 3.68. The minimum atomic E-state index is -4.54. The maximum atomic E-state index is 13.4. The van der Waals surface area contributed by atoms with Crippen LogP contribution < -0.4 is 0 Å². The molecule has 3 aromatic rings. The number of rotatable bonds is 3. The molecule has 0 aliphatic rings. The molecule has 0 radical (unpaired) electrons. The number of halogens is 3. The first kappa shape index (κ1) is 15.6. The van der Waals surface area contributed by atoms with Gasteiger partial charge in [0.05, 0.1) is 22.8 Å². The number of hydrogen-bond donors (Lipinski definition) is 1. The maximum Gasteiger partial charge on any atom is 0.417 e. The van der Waals surface area contributed by atoms with Crippen molar-refractivity contribution in [2.24, 2.45) is 0 Å². The van der Waals surface area contributed by atoms with Crippen molar-refractivity contribution in [3.63, 3.8) is 0 Å². The highest BCUT2D eigenvalue weighted by Gasteiger charge is 2.35. The minimum Gasteiger partial charge on any atom is -0.508 e. The first-order valence-electron chi connectivity index (χ1n) is 7.10. The van der Waals surface area contributed by atoms with Crippen LogP contribution in [-0.2, 0) is 12.7 Å². The van der Waals surface area contributed by atoms with Crippen molar-refractivity contribution < 1.29 is 18.3 Å². The lowest BCUT2D eigenvalue weighted by molar-refractivity contribution is -0.136. The van der Waals surface area contributed by atoms with Crippen LogP contribution in [-0.4, -0.2) is 40.2 Å². The Bertz CT molecular complexity index is 868. The second kappa shape index (κ2) is 5.42. The standard InChI is InChI=1S/C16H16F3N3O/c1-21(2)5-6-22-13-8-10(23)7-12(16(17,18)19)15(13)11-3-4-20-9-14(11)22/h3-4,7-9,23H,5-6H2,1-2H3. The van der Waals surface area contributed by atoms with Gasteiger partial charge >= 0.3 is 6.18 Å². The van der Waals surface area contributed by atoms with E-state index in [1.807, 2.05) is 19.0 Å². The quantitative estimate of drug-likeness (QED) is 0.802. The number of likely N-dealkylation sites (N-methyl/N-ethyl adjacent to an activating group) is 1. The molecule has 4 nitrogen and oxygen atoms in total. The number of aromatic hydroxyl groups is 1. The molecule has 0 saturated carbocycles. The molecule has 0 spiro atoms. The number of fused-ring (bicyclic) bond motifs is 3. The van der Waals surface area contributed by atoms with Crippen LogP contribution in [0.25, 0.3) is 21.8 Å². The van der Waals surface area contributed by atoms with Gasteiger partial charge in [0, 0.05) is 36.1 Å². The zero-order chi connectivity index (χ0) is 16.8. The van der Waals surface area contributed by atoms with Crippen molar-refractivity contribution in [1.82, 2.24) is 14.5 Å². The molecule has 3 rings (SSSR count). The summed E-state index contributed by atoms with van der Waals surface area (Å²) in [7, 11) is 3.79. The number of nitrogens with zero attached hydrogens (tertiary/aromatic N) is 3. The molecular formula is C16H16F3N3O. The summed E-state index contributed by atoms with van der Waals surface area (Å²) in [5, 5.41) is 10.4. The summed E-state index contributed by atoms with van der Waals surface area (Å²) in [6.45, 7) is 1.16. The monoisotopic (exact) mass is 323 g/mol. The molecule has 2 aromatic heterocycles. The van der Waals surface area contributed by atoms with E-state index in [1.165, 1.54) is 12.3 Å². The molecule has 122 valence electrons. The third kappa shape index (κ3) is 2.72. The lowest BCUT2D eigenvalue weighted by atomic mass is 10.1. The summed E-state index contributed by atoms with van der Waals surface area (Å²) < 4.78 is 42.0. The number of pyridine rings is 1. The molecule has 0 bridgehead atoms. The van der Waals surface area contributed by atoms with E-state index in [4.69, 9.17) is 0 Å². The molecule has 0 amide bonds. The van der Waals surface area contributed by atoms with E-state index < -0.39 is 17.5 Å². The molecule has 0 aliphatic heterocycles. The third-order valence-electron chi connectivity index (χ3n) is 3.83. The fourth-order valence-electron chi connectivity index (χ4n) is 2.81. The van der Waals surface area contributed by atoms with E-state index >= 15 is 0 Å². The van der Waals surface area contributed by atoms with E-state index in [9.17, 15) is 18.3 Å². The van der Waals surface area contributed by atoms with Crippen LogP contribution in [0.5, 0.6) is 5.75 Å². The van der Waals surface area contributed by atoms with E-state index in [1.54, 1.807) is 16.8 Å². The fraction of sp³-hybridized carbons (Fsp3) is 0.312. The van der Waals surface area contributed by atoms with Crippen molar-refractivity contribution in [2.75, 3.05) is 20.6 Å². The zero-order valence-electron chi connectivity index (χ0n) is 12.7. The van der Waals surface area contributed by atoms with Gasteiger partial charge in [-0.05, 0) is 26.2 Å². The average Bonchev–Trinajstić information content (AvgIpc) is 2.76. The summed E-state index contributed by atoms with van der Waals surface area (Å²) >= 11 is 0. The highest BCUT2D eigenvalue weighted by Crippen LogP contribution is 2.41. The van der Waals surface area contributed by atoms with Crippen molar-refractivity contribution >= 4 is 21.8 Å². The van der Waals surface area contributed by atoms with Crippen LogP contribution >= 0.6 is 0 Å². The molecule has 1 N–H and O–H groups in total. The second-order valence-corrected chi connectivity index (χ2v) is 5.73. The van der Waals surface area contributed by atoms with Gasteiger partial charge in [-0.3, -0.25) is 4.98 Å². The number of benzene rings is 1. The van der Waals surface area contributed by atoms with Crippen LogP contribution in [0.2, 0.25) is 0 Å². The predicted molar refractivity (Wildman–Crippen MR) is 82.5 cm³/mol. The molecule has 0 saturated heterocycles. The summed E-state index contributed by atoms with van der Waals surface area (Å²) in [5.74, 6) is -0.397. The molecule has 23 heavy (non-hydrogen) atoms. The van der Waals surface area contributed by atoms with Crippen LogP contribution in [0.3, 0.4) is 0 Å². The lowest BCUT2D eigenvalue weighted by Crippen LogP contribution is -2.18. The Balaban J connectivity index is 2.39. The highest BCUT2D eigenvalue weighted by molar-refractivity contribution is 6.10. The van der Waals surface area contributed by atoms with E-state index in [-0.39, 0.29) is 5.39 Å². The number of hydrogen-bond acceptors (Lipinski definition) is 3. The molecule has 0 fully saturated rings. The van der Waals surface area contributed by atoms with Crippen molar-refractivity contribution in [2.45, 2.75) is 12.7 Å². The van der Waals surface area contributed by atoms with Gasteiger partial charge < -0.3 is 14.6 Å². The van der Waals surface area contributed by atoms with Gasteiger partial charge in [-0.25, -0.2) is 0 Å². The van der Waals surface area contributed by atoms with E-state index in [2.05, 4.69) is 4.98 Å². The highest BCUT2D eigenvalue weighted by atomic mass is 19.4. The van der Waals surface area contributed by atoms with Gasteiger partial charge in [0.2, 0.25) is 0 Å². The van der Waals surface area contributed by atoms with E-state index in [0.29, 0.717) is 29.5 Å². The molecule has 0 unspecified atom stereocenters. The Hall–Kier alpha value is -2.28. The van der Waals surface area contributed by atoms with Gasteiger partial charge in [0.1, 0.15) is 5.75 Å². The largest absolute Gasteiger partial charge is 0.508 e. The first-order chi connectivity index (χ1) is 10.8. The summed E-state index contributed by atoms with van der Waals surface area (Å²) in [5.41, 5.74) is 0.162. The number of phenolic OH excluding ortho intramolecular Hbond substituents is 1. The smallest absolute Gasteiger partial charge is 0.417 e. The Morgan fingerprint density at radius 3 is 2.61 bits per heavy atom. The van der Waals surface area contributed by atoms with Crippen LogP contribution in [0.4, 0.5) is 13.2 Å². The minimum absolute atomic E-state index is 0.103. The lowest BCUT2D eigenvalue weighted by Gasteiger charge is -2.13. The van der Waals surface area contributed by atoms with Gasteiger partial charge in [0.15, 0.2) is 0 Å². The number of alkyl halides is 3. The average molecular weight is 323 g/mol. The second-order valence-electron chi connectivity index (χ2n) is 5.73. The summed E-state index contributed by atoms with van der Waals surface area (Å²) in [4.78, 5) is 5.98. The van der Waals surface area contributed by atoms with Crippen LogP contribution in [0, 0.1) is 0 Å². The maximum absolute atomic E-state index is 13.4.